The lowest BCUT2D eigenvalue weighted by molar-refractivity contribution is -0.131. The number of carbonyl (C=O) groups is 1. The first kappa shape index (κ1) is 19.9. The van der Waals surface area contributed by atoms with Crippen molar-refractivity contribution >= 4 is 55.6 Å². The molecule has 0 unspecified atom stereocenters. The van der Waals surface area contributed by atoms with E-state index in [0.29, 0.717) is 11.4 Å². The normalized spacial score (nSPS) is 15.5. The van der Waals surface area contributed by atoms with E-state index in [1.54, 1.807) is 11.3 Å². The zero-order valence-electron chi connectivity index (χ0n) is 16.1. The minimum atomic E-state index is 0.241. The number of hydrazone groups is 1. The molecule has 0 aliphatic carbocycles. The van der Waals surface area contributed by atoms with Crippen molar-refractivity contribution < 1.29 is 4.79 Å². The van der Waals surface area contributed by atoms with Crippen LogP contribution in [0.1, 0.15) is 40.0 Å². The van der Waals surface area contributed by atoms with E-state index in [1.165, 1.54) is 0 Å². The maximum absolute atomic E-state index is 12.1. The number of hydrogen-bond acceptors (Lipinski definition) is 6. The second-order valence-corrected chi connectivity index (χ2v) is 8.13. The van der Waals surface area contributed by atoms with E-state index in [1.807, 2.05) is 30.9 Å². The summed E-state index contributed by atoms with van der Waals surface area (Å²) in [5.74, 6) is 0.241. The van der Waals surface area contributed by atoms with Crippen LogP contribution in [0.2, 0.25) is 5.02 Å². The summed E-state index contributed by atoms with van der Waals surface area (Å²) in [6, 6.07) is 3.93. The molecule has 1 aliphatic heterocycles. The van der Waals surface area contributed by atoms with Crippen LogP contribution in [0.25, 0.3) is 10.2 Å². The molecule has 1 saturated heterocycles. The predicted molar refractivity (Wildman–Crippen MR) is 115 cm³/mol. The molecule has 0 spiro atoms. The Morgan fingerprint density at radius 3 is 2.70 bits per heavy atom. The molecule has 146 valence electrons. The molecule has 27 heavy (non-hydrogen) atoms. The lowest BCUT2D eigenvalue weighted by atomic mass is 10.2. The first-order valence-corrected chi connectivity index (χ1v) is 10.6. The van der Waals surface area contributed by atoms with Gasteiger partial charge in [-0.1, -0.05) is 36.8 Å². The fraction of sp³-hybridized carbons (Fsp3) is 0.526. The van der Waals surface area contributed by atoms with Gasteiger partial charge in [-0.2, -0.15) is 5.10 Å². The number of halogens is 1. The largest absolute Gasteiger partial charge is 0.365 e. The summed E-state index contributed by atoms with van der Waals surface area (Å²) in [5, 5.41) is 5.80. The van der Waals surface area contributed by atoms with E-state index in [9.17, 15) is 4.79 Å². The van der Waals surface area contributed by atoms with Crippen LogP contribution in [0.5, 0.6) is 0 Å². The van der Waals surface area contributed by atoms with Gasteiger partial charge in [-0.3, -0.25) is 10.2 Å². The molecule has 1 aromatic heterocycles. The zero-order valence-corrected chi connectivity index (χ0v) is 17.7. The molecule has 1 N–H and O–H groups in total. The van der Waals surface area contributed by atoms with Gasteiger partial charge in [-0.25, -0.2) is 4.98 Å². The molecule has 1 amide bonds. The van der Waals surface area contributed by atoms with Crippen LogP contribution in [0, 0.1) is 0 Å². The highest BCUT2D eigenvalue weighted by Crippen LogP contribution is 2.38. The van der Waals surface area contributed by atoms with E-state index in [4.69, 9.17) is 16.6 Å². The number of aromatic nitrogens is 1. The minimum absolute atomic E-state index is 0.241. The molecule has 0 bridgehead atoms. The number of piperazine rings is 1. The average molecular weight is 408 g/mol. The van der Waals surface area contributed by atoms with Crippen LogP contribution in [0.3, 0.4) is 0 Å². The van der Waals surface area contributed by atoms with Crippen LogP contribution in [-0.2, 0) is 4.79 Å². The van der Waals surface area contributed by atoms with Gasteiger partial charge in [0.15, 0.2) is 0 Å². The Balaban J connectivity index is 1.81. The van der Waals surface area contributed by atoms with Gasteiger partial charge in [0.2, 0.25) is 11.0 Å². The molecule has 2 aromatic rings. The monoisotopic (exact) mass is 407 g/mol. The highest BCUT2D eigenvalue weighted by atomic mass is 35.5. The number of nitrogens with one attached hydrogen (secondary N) is 1. The average Bonchev–Trinajstić information content (AvgIpc) is 3.09. The maximum Gasteiger partial charge on any atom is 0.222 e. The molecule has 0 radical (unpaired) electrons. The molecule has 3 rings (SSSR count). The number of carbonyl (C=O) groups excluding carboxylic acids is 1. The van der Waals surface area contributed by atoms with Crippen LogP contribution < -0.4 is 10.3 Å². The molecule has 6 nitrogen and oxygen atoms in total. The Morgan fingerprint density at radius 2 is 2.04 bits per heavy atom. The number of hydrogen-bond donors (Lipinski definition) is 1. The van der Waals surface area contributed by atoms with Crippen LogP contribution >= 0.6 is 22.9 Å². The molecular weight excluding hydrogens is 382 g/mol. The summed E-state index contributed by atoms with van der Waals surface area (Å²) in [5.41, 5.74) is 5.93. The molecule has 0 saturated carbocycles. The van der Waals surface area contributed by atoms with Crippen molar-refractivity contribution in [3.63, 3.8) is 0 Å². The third-order valence-corrected chi connectivity index (χ3v) is 5.98. The third kappa shape index (κ3) is 4.52. The molecule has 1 fully saturated rings. The van der Waals surface area contributed by atoms with Crippen molar-refractivity contribution in [3.05, 3.63) is 17.2 Å². The number of anilines is 2. The van der Waals surface area contributed by atoms with E-state index in [2.05, 4.69) is 22.4 Å². The van der Waals surface area contributed by atoms with Gasteiger partial charge in [-0.15, -0.1) is 0 Å². The number of thiazole rings is 1. The van der Waals surface area contributed by atoms with Crippen LogP contribution in [0.15, 0.2) is 17.2 Å². The van der Waals surface area contributed by atoms with Crippen molar-refractivity contribution in [3.8, 4) is 0 Å². The molecule has 1 aliphatic rings. The summed E-state index contributed by atoms with van der Waals surface area (Å²) in [7, 11) is 0. The number of amides is 1. The highest BCUT2D eigenvalue weighted by molar-refractivity contribution is 7.22. The van der Waals surface area contributed by atoms with E-state index < -0.39 is 0 Å². The summed E-state index contributed by atoms with van der Waals surface area (Å²) < 4.78 is 1.07. The molecule has 8 heteroatoms. The lowest BCUT2D eigenvalue weighted by Crippen LogP contribution is -2.48. The molecule has 1 aromatic carbocycles. The van der Waals surface area contributed by atoms with Crippen molar-refractivity contribution in [2.75, 3.05) is 36.5 Å². The van der Waals surface area contributed by atoms with Gasteiger partial charge in [0, 0.05) is 38.3 Å². The first-order chi connectivity index (χ1) is 13.0. The predicted octanol–water partition coefficient (Wildman–Crippen LogP) is 4.60. The van der Waals surface area contributed by atoms with Gasteiger partial charge >= 0.3 is 0 Å². The molecule has 2 heterocycles. The Bertz CT molecular complexity index is 842. The number of rotatable bonds is 6. The van der Waals surface area contributed by atoms with Crippen molar-refractivity contribution in [1.82, 2.24) is 9.88 Å². The third-order valence-electron chi connectivity index (χ3n) is 4.75. The minimum Gasteiger partial charge on any atom is -0.365 e. The Hall–Kier alpha value is -1.86. The van der Waals surface area contributed by atoms with Gasteiger partial charge in [0.05, 0.1) is 15.4 Å². The SMILES string of the molecule is CCCC(=O)N1CCN(c2c(Cl)ccc3sc(N/N=C(\C)CC)nc23)CC1. The van der Waals surface area contributed by atoms with E-state index in [0.717, 1.165) is 65.8 Å². The second kappa shape index (κ2) is 8.89. The van der Waals surface area contributed by atoms with Crippen molar-refractivity contribution in [2.24, 2.45) is 5.10 Å². The quantitative estimate of drug-likeness (QED) is 0.561. The fourth-order valence-electron chi connectivity index (χ4n) is 3.08. The Morgan fingerprint density at radius 1 is 1.30 bits per heavy atom. The zero-order chi connectivity index (χ0) is 19.4. The van der Waals surface area contributed by atoms with Crippen molar-refractivity contribution in [1.29, 1.82) is 0 Å². The van der Waals surface area contributed by atoms with Gasteiger partial charge in [0.1, 0.15) is 5.52 Å². The summed E-state index contributed by atoms with van der Waals surface area (Å²) in [6.07, 6.45) is 2.41. The highest BCUT2D eigenvalue weighted by Gasteiger charge is 2.24. The van der Waals surface area contributed by atoms with Crippen molar-refractivity contribution in [2.45, 2.75) is 40.0 Å². The Labute approximate surface area is 169 Å². The maximum atomic E-state index is 12.1. The molecule has 0 atom stereocenters. The lowest BCUT2D eigenvalue weighted by Gasteiger charge is -2.36. The smallest absolute Gasteiger partial charge is 0.222 e. The Kier molecular flexibility index (Phi) is 6.55. The topological polar surface area (TPSA) is 60.8 Å². The number of nitrogens with zero attached hydrogens (tertiary/aromatic N) is 4. The standard InChI is InChI=1S/C19H26ClN5OS/c1-4-6-16(26)24-9-11-25(12-10-24)18-14(20)7-8-15-17(18)21-19(27-15)23-22-13(3)5-2/h7-8H,4-6,9-12H2,1-3H3,(H,21,23)/b22-13+. The van der Waals surface area contributed by atoms with Crippen LogP contribution in [-0.4, -0.2) is 47.7 Å². The van der Waals surface area contributed by atoms with E-state index in [-0.39, 0.29) is 5.91 Å². The fourth-order valence-corrected chi connectivity index (χ4v) is 4.16. The van der Waals surface area contributed by atoms with E-state index >= 15 is 0 Å². The summed E-state index contributed by atoms with van der Waals surface area (Å²) >= 11 is 8.11. The number of benzene rings is 1. The summed E-state index contributed by atoms with van der Waals surface area (Å²) in [4.78, 5) is 21.0. The van der Waals surface area contributed by atoms with Gasteiger partial charge in [0.25, 0.3) is 0 Å². The summed E-state index contributed by atoms with van der Waals surface area (Å²) in [6.45, 7) is 9.07. The molecular formula is C19H26ClN5OS. The van der Waals surface area contributed by atoms with Crippen LogP contribution in [0.4, 0.5) is 10.8 Å². The number of fused-ring (bicyclic) bond motifs is 1. The second-order valence-electron chi connectivity index (χ2n) is 6.69. The van der Waals surface area contributed by atoms with Gasteiger partial charge in [-0.05, 0) is 31.9 Å². The first-order valence-electron chi connectivity index (χ1n) is 9.44. The van der Waals surface area contributed by atoms with Gasteiger partial charge < -0.3 is 9.80 Å².